The second-order valence-electron chi connectivity index (χ2n) is 5.44. The van der Waals surface area contributed by atoms with Crippen molar-refractivity contribution in [3.63, 3.8) is 0 Å². The molecule has 2 N–H and O–H groups in total. The Hall–Kier alpha value is -0.940. The minimum absolute atomic E-state index is 0.0255. The summed E-state index contributed by atoms with van der Waals surface area (Å²) in [6, 6.07) is 3.78. The molecule has 1 aromatic heterocycles. The number of nitrogens with zero attached hydrogens (tertiary/aromatic N) is 2. The summed E-state index contributed by atoms with van der Waals surface area (Å²) >= 11 is 3.37. The minimum atomic E-state index is -0.0465. The molecule has 18 heavy (non-hydrogen) atoms. The van der Waals surface area contributed by atoms with Gasteiger partial charge in [-0.15, -0.1) is 0 Å². The molecule has 0 bridgehead atoms. The topological polar surface area (TPSA) is 59.2 Å². The van der Waals surface area contributed by atoms with E-state index in [1.165, 1.54) is 0 Å². The smallest absolute Gasteiger partial charge is 0.273 e. The number of carbonyl (C=O) groups is 1. The van der Waals surface area contributed by atoms with Gasteiger partial charge in [-0.05, 0) is 39.9 Å². The Bertz CT molecular complexity index is 461. The first-order valence-electron chi connectivity index (χ1n) is 6.07. The van der Waals surface area contributed by atoms with Gasteiger partial charge in [0.1, 0.15) is 5.69 Å². The van der Waals surface area contributed by atoms with Gasteiger partial charge in [-0.2, -0.15) is 0 Å². The summed E-state index contributed by atoms with van der Waals surface area (Å²) in [4.78, 5) is 18.4. The maximum atomic E-state index is 12.4. The average molecular weight is 312 g/mol. The molecule has 2 rings (SSSR count). The van der Waals surface area contributed by atoms with E-state index in [1.54, 1.807) is 12.3 Å². The monoisotopic (exact) mass is 311 g/mol. The molecule has 1 atom stereocenters. The van der Waals surface area contributed by atoms with Gasteiger partial charge in [0, 0.05) is 29.8 Å². The van der Waals surface area contributed by atoms with Crippen molar-refractivity contribution in [3.8, 4) is 0 Å². The molecular formula is C13H18BrN3O. The van der Waals surface area contributed by atoms with Crippen LogP contribution in [0.5, 0.6) is 0 Å². The summed E-state index contributed by atoms with van der Waals surface area (Å²) < 4.78 is 0.739. The molecule has 1 amide bonds. The van der Waals surface area contributed by atoms with Crippen molar-refractivity contribution in [3.05, 3.63) is 28.5 Å². The van der Waals surface area contributed by atoms with Crippen molar-refractivity contribution >= 4 is 21.8 Å². The third kappa shape index (κ3) is 2.57. The second kappa shape index (κ2) is 4.97. The Morgan fingerprint density at radius 3 is 2.94 bits per heavy atom. The van der Waals surface area contributed by atoms with Crippen LogP contribution in [-0.2, 0) is 0 Å². The van der Waals surface area contributed by atoms with Crippen LogP contribution < -0.4 is 5.73 Å². The first-order valence-corrected chi connectivity index (χ1v) is 6.86. The predicted octanol–water partition coefficient (Wildman–Crippen LogP) is 2.04. The predicted molar refractivity (Wildman–Crippen MR) is 74.2 cm³/mol. The first kappa shape index (κ1) is 13.5. The number of pyridine rings is 1. The summed E-state index contributed by atoms with van der Waals surface area (Å²) in [7, 11) is 0. The fraction of sp³-hybridized carbons (Fsp3) is 0.538. The van der Waals surface area contributed by atoms with Gasteiger partial charge in [0.2, 0.25) is 0 Å². The fourth-order valence-electron chi connectivity index (χ4n) is 2.24. The zero-order valence-corrected chi connectivity index (χ0v) is 12.3. The number of hydrogen-bond donors (Lipinski definition) is 1. The molecule has 0 spiro atoms. The Morgan fingerprint density at radius 1 is 1.61 bits per heavy atom. The molecule has 1 saturated heterocycles. The molecule has 0 saturated carbocycles. The lowest BCUT2D eigenvalue weighted by atomic mass is 9.79. The molecule has 1 aromatic rings. The van der Waals surface area contributed by atoms with Crippen molar-refractivity contribution < 1.29 is 4.79 Å². The quantitative estimate of drug-likeness (QED) is 0.863. The number of piperidine rings is 1. The third-order valence-corrected chi connectivity index (χ3v) is 4.20. The van der Waals surface area contributed by atoms with Crippen molar-refractivity contribution in [2.75, 3.05) is 13.1 Å². The number of likely N-dealkylation sites (tertiary alicyclic amines) is 1. The summed E-state index contributed by atoms with van der Waals surface area (Å²) in [5, 5.41) is 0. The van der Waals surface area contributed by atoms with Gasteiger partial charge in [0.25, 0.3) is 5.91 Å². The van der Waals surface area contributed by atoms with Gasteiger partial charge in [-0.25, -0.2) is 4.98 Å². The van der Waals surface area contributed by atoms with E-state index in [1.807, 2.05) is 11.0 Å². The van der Waals surface area contributed by atoms with Crippen LogP contribution in [0.25, 0.3) is 0 Å². The molecular weight excluding hydrogens is 294 g/mol. The van der Waals surface area contributed by atoms with Gasteiger partial charge >= 0.3 is 0 Å². The number of rotatable bonds is 1. The zero-order chi connectivity index (χ0) is 13.3. The Morgan fingerprint density at radius 2 is 2.33 bits per heavy atom. The van der Waals surface area contributed by atoms with Crippen LogP contribution in [0.1, 0.15) is 30.8 Å². The third-order valence-electron chi connectivity index (χ3n) is 3.56. The van der Waals surface area contributed by atoms with E-state index in [0.717, 1.165) is 10.9 Å². The molecule has 1 unspecified atom stereocenters. The molecule has 5 heteroatoms. The maximum Gasteiger partial charge on any atom is 0.273 e. The summed E-state index contributed by atoms with van der Waals surface area (Å²) in [5.74, 6) is -0.0255. The van der Waals surface area contributed by atoms with E-state index in [-0.39, 0.29) is 17.4 Å². The molecule has 1 aliphatic rings. The van der Waals surface area contributed by atoms with E-state index >= 15 is 0 Å². The fourth-order valence-corrected chi connectivity index (χ4v) is 2.66. The molecule has 1 aliphatic heterocycles. The summed E-state index contributed by atoms with van der Waals surface area (Å²) in [5.41, 5.74) is 6.51. The highest BCUT2D eigenvalue weighted by molar-refractivity contribution is 9.10. The van der Waals surface area contributed by atoms with Crippen molar-refractivity contribution in [2.45, 2.75) is 26.3 Å². The van der Waals surface area contributed by atoms with Crippen LogP contribution in [0, 0.1) is 5.41 Å². The summed E-state index contributed by atoms with van der Waals surface area (Å²) in [6.07, 6.45) is 2.47. The van der Waals surface area contributed by atoms with Crippen LogP contribution in [0.2, 0.25) is 0 Å². The van der Waals surface area contributed by atoms with Crippen molar-refractivity contribution in [1.29, 1.82) is 0 Å². The Balaban J connectivity index is 2.18. The first-order chi connectivity index (χ1) is 8.42. The number of nitrogens with two attached hydrogens (primary N) is 1. The maximum absolute atomic E-state index is 12.4. The SMILES string of the molecule is CC1(C)CN(C(=O)c2ncccc2Br)CCC1N. The highest BCUT2D eigenvalue weighted by Crippen LogP contribution is 2.29. The van der Waals surface area contributed by atoms with Crippen LogP contribution in [0.4, 0.5) is 0 Å². The highest BCUT2D eigenvalue weighted by atomic mass is 79.9. The van der Waals surface area contributed by atoms with Gasteiger partial charge in [-0.3, -0.25) is 4.79 Å². The lowest BCUT2D eigenvalue weighted by molar-refractivity contribution is 0.0526. The van der Waals surface area contributed by atoms with Gasteiger partial charge in [-0.1, -0.05) is 13.8 Å². The number of hydrogen-bond acceptors (Lipinski definition) is 3. The molecule has 98 valence electrons. The van der Waals surface area contributed by atoms with Crippen LogP contribution in [0.15, 0.2) is 22.8 Å². The standard InChI is InChI=1S/C13H18BrN3O/c1-13(2)8-17(7-5-10(13)15)12(18)11-9(14)4-3-6-16-11/h3-4,6,10H,5,7-8,15H2,1-2H3. The van der Waals surface area contributed by atoms with Crippen molar-refractivity contribution in [2.24, 2.45) is 11.1 Å². The highest BCUT2D eigenvalue weighted by Gasteiger charge is 2.36. The van der Waals surface area contributed by atoms with Gasteiger partial charge < -0.3 is 10.6 Å². The largest absolute Gasteiger partial charge is 0.337 e. The number of amides is 1. The van der Waals surface area contributed by atoms with E-state index in [9.17, 15) is 4.79 Å². The van der Waals surface area contributed by atoms with Crippen molar-refractivity contribution in [1.82, 2.24) is 9.88 Å². The molecule has 2 heterocycles. The molecule has 0 aliphatic carbocycles. The summed E-state index contributed by atoms with van der Waals surface area (Å²) in [6.45, 7) is 5.58. The zero-order valence-electron chi connectivity index (χ0n) is 10.7. The van der Waals surface area contributed by atoms with Gasteiger partial charge in [0.15, 0.2) is 0 Å². The normalized spacial score (nSPS) is 22.9. The molecule has 4 nitrogen and oxygen atoms in total. The lowest BCUT2D eigenvalue weighted by Crippen LogP contribution is -2.54. The van der Waals surface area contributed by atoms with Crippen LogP contribution in [-0.4, -0.2) is 34.9 Å². The second-order valence-corrected chi connectivity index (χ2v) is 6.30. The average Bonchev–Trinajstić information content (AvgIpc) is 2.32. The van der Waals surface area contributed by atoms with Crippen LogP contribution >= 0.6 is 15.9 Å². The minimum Gasteiger partial charge on any atom is -0.337 e. The molecule has 0 radical (unpaired) electrons. The number of carbonyl (C=O) groups excluding carboxylic acids is 1. The van der Waals surface area contributed by atoms with Crippen LogP contribution in [0.3, 0.4) is 0 Å². The van der Waals surface area contributed by atoms with Gasteiger partial charge in [0.05, 0.1) is 0 Å². The van der Waals surface area contributed by atoms with E-state index in [4.69, 9.17) is 5.73 Å². The molecule has 1 fully saturated rings. The number of aromatic nitrogens is 1. The lowest BCUT2D eigenvalue weighted by Gasteiger charge is -2.42. The van der Waals surface area contributed by atoms with E-state index in [2.05, 4.69) is 34.8 Å². The van der Waals surface area contributed by atoms with E-state index in [0.29, 0.717) is 18.8 Å². The Kier molecular flexibility index (Phi) is 3.73. The Labute approximate surface area is 116 Å². The molecule has 0 aromatic carbocycles. The number of halogens is 1. The van der Waals surface area contributed by atoms with E-state index < -0.39 is 0 Å².